The van der Waals surface area contributed by atoms with Crippen LogP contribution in [0.2, 0.25) is 0 Å². The molecular weight excluding hydrogens is 234 g/mol. The van der Waals surface area contributed by atoms with E-state index in [-0.39, 0.29) is 0 Å². The summed E-state index contributed by atoms with van der Waals surface area (Å²) < 4.78 is 7.21. The lowest BCUT2D eigenvalue weighted by molar-refractivity contribution is -0.398. The summed E-state index contributed by atoms with van der Waals surface area (Å²) in [4.78, 5) is 0. The first-order valence-electron chi connectivity index (χ1n) is 6.23. The first-order valence-corrected chi connectivity index (χ1v) is 6.23. The lowest BCUT2D eigenvalue weighted by Gasteiger charge is -1.98. The summed E-state index contributed by atoms with van der Waals surface area (Å²) in [6, 6.07) is 18.2. The van der Waals surface area contributed by atoms with Gasteiger partial charge in [0.2, 0.25) is 5.69 Å². The number of allylic oxidation sites excluding steroid dienone is 1. The van der Waals surface area contributed by atoms with Crippen molar-refractivity contribution >= 4 is 18.0 Å². The van der Waals surface area contributed by atoms with Gasteiger partial charge in [0.05, 0.1) is 7.11 Å². The molecule has 0 heterocycles. The molecule has 0 aliphatic carbocycles. The minimum atomic E-state index is 0.877. The monoisotopic (exact) mass is 252 g/mol. The Morgan fingerprint density at radius 3 is 2.26 bits per heavy atom. The Labute approximate surface area is 114 Å². The predicted octanol–water partition coefficient (Wildman–Crippen LogP) is 3.75. The van der Waals surface area contributed by atoms with Crippen molar-refractivity contribution in [3.8, 4) is 5.75 Å². The van der Waals surface area contributed by atoms with Crippen molar-refractivity contribution in [3.63, 3.8) is 0 Å². The molecular formula is C17H18NO+. The van der Waals surface area contributed by atoms with Gasteiger partial charge in [-0.2, -0.15) is 0 Å². The maximum atomic E-state index is 5.13. The van der Waals surface area contributed by atoms with Gasteiger partial charge < -0.3 is 4.74 Å². The summed E-state index contributed by atoms with van der Waals surface area (Å²) in [5.74, 6) is 0.877. The summed E-state index contributed by atoms with van der Waals surface area (Å²) in [5, 5.41) is 0. The normalized spacial score (nSPS) is 11.8. The van der Waals surface area contributed by atoms with Crippen LogP contribution in [-0.4, -0.2) is 24.9 Å². The molecule has 0 unspecified atom stereocenters. The first kappa shape index (κ1) is 13.1. The fraction of sp³-hybridized carbons (Fsp3) is 0.118. The Bertz CT molecular complexity index is 568. The van der Waals surface area contributed by atoms with Gasteiger partial charge in [-0.25, -0.2) is 4.58 Å². The van der Waals surface area contributed by atoms with Gasteiger partial charge >= 0.3 is 0 Å². The molecule has 2 aromatic carbocycles. The van der Waals surface area contributed by atoms with E-state index in [1.54, 1.807) is 7.11 Å². The zero-order chi connectivity index (χ0) is 13.5. The molecule has 0 aromatic heterocycles. The topological polar surface area (TPSA) is 12.2 Å². The summed E-state index contributed by atoms with van der Waals surface area (Å²) in [6.07, 6.45) is 6.15. The average molecular weight is 252 g/mol. The van der Waals surface area contributed by atoms with E-state index >= 15 is 0 Å². The number of methoxy groups -OCH3 is 1. The van der Waals surface area contributed by atoms with Crippen molar-refractivity contribution in [2.24, 2.45) is 0 Å². The fourth-order valence-electron chi connectivity index (χ4n) is 1.75. The van der Waals surface area contributed by atoms with Gasteiger partial charge in [-0.15, -0.1) is 0 Å². The van der Waals surface area contributed by atoms with E-state index in [0.29, 0.717) is 0 Å². The Kier molecular flexibility index (Phi) is 4.51. The van der Waals surface area contributed by atoms with Crippen molar-refractivity contribution in [3.05, 3.63) is 66.2 Å². The third-order valence-corrected chi connectivity index (χ3v) is 2.88. The number of hydrogen-bond acceptors (Lipinski definition) is 1. The van der Waals surface area contributed by atoms with Gasteiger partial charge in [0.1, 0.15) is 12.8 Å². The molecule has 0 aliphatic rings. The number of hydrogen-bond donors (Lipinski definition) is 0. The third kappa shape index (κ3) is 3.81. The molecule has 96 valence electrons. The number of nitrogens with zero attached hydrogens (tertiary/aromatic N) is 1. The summed E-state index contributed by atoms with van der Waals surface area (Å²) >= 11 is 0. The molecule has 0 fully saturated rings. The number of para-hydroxylation sites is 1. The Hall–Kier alpha value is -2.35. The maximum Gasteiger partial charge on any atom is 0.204 e. The molecule has 0 radical (unpaired) electrons. The van der Waals surface area contributed by atoms with Crippen LogP contribution in [0, 0.1) is 0 Å². The molecule has 0 saturated carbocycles. The SMILES string of the molecule is COc1ccc(C=CC=[N+](C)c2ccccc2)cc1. The van der Waals surface area contributed by atoms with Gasteiger partial charge in [0.25, 0.3) is 0 Å². The van der Waals surface area contributed by atoms with Gasteiger partial charge in [0.15, 0.2) is 6.21 Å². The highest BCUT2D eigenvalue weighted by Gasteiger charge is 1.98. The molecule has 2 nitrogen and oxygen atoms in total. The van der Waals surface area contributed by atoms with Crippen LogP contribution in [0.3, 0.4) is 0 Å². The standard InChI is InChI=1S/C17H18NO/c1-18(16-8-4-3-5-9-16)14-6-7-15-10-12-17(19-2)13-11-15/h3-14H,1-2H3/q+1. The maximum absolute atomic E-state index is 5.13. The molecule has 0 bridgehead atoms. The quantitative estimate of drug-likeness (QED) is 0.596. The number of rotatable bonds is 4. The number of benzene rings is 2. The van der Waals surface area contributed by atoms with Crippen molar-refractivity contribution in [1.29, 1.82) is 0 Å². The van der Waals surface area contributed by atoms with E-state index in [0.717, 1.165) is 11.3 Å². The number of ether oxygens (including phenoxy) is 1. The van der Waals surface area contributed by atoms with E-state index in [1.165, 1.54) is 5.69 Å². The molecule has 0 saturated heterocycles. The van der Waals surface area contributed by atoms with Crippen LogP contribution >= 0.6 is 0 Å². The summed E-state index contributed by atoms with van der Waals surface area (Å²) in [7, 11) is 3.71. The third-order valence-electron chi connectivity index (χ3n) is 2.88. The smallest absolute Gasteiger partial charge is 0.204 e. The van der Waals surface area contributed by atoms with Crippen LogP contribution in [0.1, 0.15) is 5.56 Å². The van der Waals surface area contributed by atoms with Crippen LogP contribution in [0.15, 0.2) is 60.7 Å². The zero-order valence-electron chi connectivity index (χ0n) is 11.3. The van der Waals surface area contributed by atoms with E-state index in [9.17, 15) is 0 Å². The molecule has 0 N–H and O–H groups in total. The van der Waals surface area contributed by atoms with Crippen LogP contribution in [0.4, 0.5) is 5.69 Å². The van der Waals surface area contributed by atoms with E-state index in [2.05, 4.69) is 22.8 Å². The zero-order valence-corrected chi connectivity index (χ0v) is 11.3. The van der Waals surface area contributed by atoms with Crippen LogP contribution in [0.25, 0.3) is 6.08 Å². The molecule has 0 aliphatic heterocycles. The Morgan fingerprint density at radius 1 is 0.947 bits per heavy atom. The molecule has 0 spiro atoms. The molecule has 0 atom stereocenters. The highest BCUT2D eigenvalue weighted by Crippen LogP contribution is 2.12. The summed E-state index contributed by atoms with van der Waals surface area (Å²) in [5.41, 5.74) is 2.32. The van der Waals surface area contributed by atoms with Gasteiger partial charge in [-0.3, -0.25) is 0 Å². The molecule has 2 aromatic rings. The molecule has 2 rings (SSSR count). The van der Waals surface area contributed by atoms with Crippen LogP contribution in [0.5, 0.6) is 5.75 Å². The van der Waals surface area contributed by atoms with Crippen molar-refractivity contribution < 1.29 is 9.31 Å². The first-order chi connectivity index (χ1) is 9.29. The van der Waals surface area contributed by atoms with Crippen LogP contribution < -0.4 is 4.74 Å². The molecule has 2 heteroatoms. The largest absolute Gasteiger partial charge is 0.497 e. The predicted molar refractivity (Wildman–Crippen MR) is 80.4 cm³/mol. The minimum Gasteiger partial charge on any atom is -0.497 e. The lowest BCUT2D eigenvalue weighted by Crippen LogP contribution is -1.96. The highest BCUT2D eigenvalue weighted by atomic mass is 16.5. The van der Waals surface area contributed by atoms with E-state index in [4.69, 9.17) is 4.74 Å². The van der Waals surface area contributed by atoms with Crippen molar-refractivity contribution in [1.82, 2.24) is 0 Å². The second-order valence-electron chi connectivity index (χ2n) is 4.23. The van der Waals surface area contributed by atoms with Gasteiger partial charge in [-0.1, -0.05) is 30.3 Å². The Morgan fingerprint density at radius 2 is 1.63 bits per heavy atom. The highest BCUT2D eigenvalue weighted by molar-refractivity contribution is 5.75. The minimum absolute atomic E-state index is 0.877. The Balaban J connectivity index is 2.06. The van der Waals surface area contributed by atoms with Gasteiger partial charge in [0, 0.05) is 18.2 Å². The molecule has 0 amide bonds. The summed E-state index contributed by atoms with van der Waals surface area (Å²) in [6.45, 7) is 0. The van der Waals surface area contributed by atoms with E-state index < -0.39 is 0 Å². The lowest BCUT2D eigenvalue weighted by atomic mass is 10.2. The average Bonchev–Trinajstić information content (AvgIpc) is 2.49. The van der Waals surface area contributed by atoms with Crippen molar-refractivity contribution in [2.45, 2.75) is 0 Å². The second kappa shape index (κ2) is 6.55. The fourth-order valence-corrected chi connectivity index (χ4v) is 1.75. The molecule has 19 heavy (non-hydrogen) atoms. The van der Waals surface area contributed by atoms with Crippen LogP contribution in [-0.2, 0) is 0 Å². The van der Waals surface area contributed by atoms with Crippen molar-refractivity contribution in [2.75, 3.05) is 14.2 Å². The van der Waals surface area contributed by atoms with E-state index in [1.807, 2.05) is 61.8 Å². The second-order valence-corrected chi connectivity index (χ2v) is 4.23. The van der Waals surface area contributed by atoms with Gasteiger partial charge in [-0.05, 0) is 23.8 Å².